The first-order valence-electron chi connectivity index (χ1n) is 8.29. The number of methoxy groups -OCH3 is 1. The summed E-state index contributed by atoms with van der Waals surface area (Å²) < 4.78 is 5.30. The van der Waals surface area contributed by atoms with Crippen LogP contribution in [0, 0.1) is 0 Å². The molecule has 0 spiro atoms. The molecule has 0 radical (unpaired) electrons. The molecule has 0 aliphatic rings. The van der Waals surface area contributed by atoms with Crippen LogP contribution in [0.1, 0.15) is 17.3 Å². The van der Waals surface area contributed by atoms with Crippen molar-refractivity contribution in [2.24, 2.45) is 7.05 Å². The highest BCUT2D eigenvalue weighted by Crippen LogP contribution is 2.24. The van der Waals surface area contributed by atoms with Gasteiger partial charge in [-0.15, -0.1) is 5.10 Å². The molecular formula is C18H19N7O3. The Bertz CT molecular complexity index is 1060. The number of aryl methyl sites for hydroxylation is 1. The zero-order valence-electron chi connectivity index (χ0n) is 15.6. The third-order valence-corrected chi connectivity index (χ3v) is 3.87. The minimum atomic E-state index is -0.316. The van der Waals surface area contributed by atoms with Gasteiger partial charge in [-0.05, 0) is 25.1 Å². The van der Waals surface area contributed by atoms with E-state index in [2.05, 4.69) is 25.7 Å². The fourth-order valence-corrected chi connectivity index (χ4v) is 2.50. The molecule has 3 rings (SSSR count). The van der Waals surface area contributed by atoms with E-state index in [0.29, 0.717) is 34.8 Å². The summed E-state index contributed by atoms with van der Waals surface area (Å²) in [5.74, 6) is 0.500. The molecule has 2 amide bonds. The Balaban J connectivity index is 1.72. The number of nitrogens with zero attached hydrogens (tertiary/aromatic N) is 5. The van der Waals surface area contributed by atoms with E-state index in [4.69, 9.17) is 4.74 Å². The van der Waals surface area contributed by atoms with Crippen LogP contribution in [0.4, 0.5) is 5.82 Å². The fourth-order valence-electron chi connectivity index (χ4n) is 2.50. The summed E-state index contributed by atoms with van der Waals surface area (Å²) in [6.45, 7) is 1.73. The first kappa shape index (κ1) is 18.8. The second kappa shape index (κ2) is 8.16. The van der Waals surface area contributed by atoms with E-state index in [1.165, 1.54) is 29.2 Å². The highest BCUT2D eigenvalue weighted by Gasteiger charge is 2.14. The van der Waals surface area contributed by atoms with Gasteiger partial charge in [-0.25, -0.2) is 0 Å². The number of carbonyl (C=O) groups excluding carboxylic acids is 2. The molecule has 2 heterocycles. The quantitative estimate of drug-likeness (QED) is 0.473. The number of anilines is 1. The van der Waals surface area contributed by atoms with Crippen LogP contribution in [0.2, 0.25) is 0 Å². The number of fused-ring (bicyclic) bond motifs is 1. The van der Waals surface area contributed by atoms with Crippen molar-refractivity contribution in [2.45, 2.75) is 6.92 Å². The van der Waals surface area contributed by atoms with Crippen molar-refractivity contribution < 1.29 is 14.3 Å². The van der Waals surface area contributed by atoms with E-state index < -0.39 is 0 Å². The Morgan fingerprint density at radius 2 is 2.21 bits per heavy atom. The van der Waals surface area contributed by atoms with Crippen molar-refractivity contribution >= 4 is 29.0 Å². The average molecular weight is 381 g/mol. The largest absolute Gasteiger partial charge is 0.496 e. The molecule has 1 aromatic carbocycles. The average Bonchev–Trinajstić information content (AvgIpc) is 3.32. The van der Waals surface area contributed by atoms with Crippen molar-refractivity contribution in [3.8, 4) is 5.75 Å². The second-order valence-corrected chi connectivity index (χ2v) is 5.85. The molecule has 144 valence electrons. The van der Waals surface area contributed by atoms with Gasteiger partial charge in [0.2, 0.25) is 6.41 Å². The van der Waals surface area contributed by atoms with E-state index in [9.17, 15) is 9.59 Å². The molecule has 0 saturated carbocycles. The predicted octanol–water partition coefficient (Wildman–Crippen LogP) is 1.51. The molecule has 0 fully saturated rings. The van der Waals surface area contributed by atoms with Crippen LogP contribution in [0.15, 0.2) is 48.6 Å². The third kappa shape index (κ3) is 4.06. The SMILES string of the molecule is COc1cc2n[nH]cc2cc1C(=O)N/C(C)=C/C=C\N(C=O)c1cnn(C)n1. The van der Waals surface area contributed by atoms with Crippen LogP contribution in [-0.4, -0.2) is 44.6 Å². The third-order valence-electron chi connectivity index (χ3n) is 3.87. The number of amides is 2. The van der Waals surface area contributed by atoms with Crippen LogP contribution in [0.25, 0.3) is 10.9 Å². The van der Waals surface area contributed by atoms with Gasteiger partial charge in [0.15, 0.2) is 5.82 Å². The summed E-state index contributed by atoms with van der Waals surface area (Å²) in [6, 6.07) is 3.40. The molecule has 0 unspecified atom stereocenters. The van der Waals surface area contributed by atoms with Gasteiger partial charge in [-0.2, -0.15) is 15.0 Å². The van der Waals surface area contributed by atoms with Gasteiger partial charge < -0.3 is 10.1 Å². The van der Waals surface area contributed by atoms with Crippen LogP contribution in [0.3, 0.4) is 0 Å². The Morgan fingerprint density at radius 3 is 2.89 bits per heavy atom. The zero-order chi connectivity index (χ0) is 20.1. The number of hydrogen-bond acceptors (Lipinski definition) is 6. The lowest BCUT2D eigenvalue weighted by Crippen LogP contribution is -2.22. The van der Waals surface area contributed by atoms with Crippen LogP contribution in [0.5, 0.6) is 5.75 Å². The Hall–Kier alpha value is -3.95. The number of hydrogen-bond donors (Lipinski definition) is 2. The zero-order valence-corrected chi connectivity index (χ0v) is 15.6. The number of allylic oxidation sites excluding steroid dienone is 3. The summed E-state index contributed by atoms with van der Waals surface area (Å²) in [7, 11) is 3.15. The Kier molecular flexibility index (Phi) is 5.49. The van der Waals surface area contributed by atoms with Gasteiger partial charge >= 0.3 is 0 Å². The number of carbonyl (C=O) groups is 2. The molecule has 0 atom stereocenters. The highest BCUT2D eigenvalue weighted by molar-refractivity contribution is 6.01. The number of H-pyrrole nitrogens is 1. The molecule has 10 nitrogen and oxygen atoms in total. The number of ether oxygens (including phenoxy) is 1. The maximum Gasteiger partial charge on any atom is 0.259 e. The number of nitrogens with one attached hydrogen (secondary N) is 2. The standard InChI is InChI=1S/C18H19N7O3/c1-12(5-4-6-25(11-26)17-10-20-24(2)23-17)21-18(27)14-7-13-9-19-22-15(13)8-16(14)28-3/h4-11H,1-3H3,(H,19,22)(H,21,27)/b6-4-,12-5+. The van der Waals surface area contributed by atoms with Crippen molar-refractivity contribution in [1.29, 1.82) is 0 Å². The molecule has 0 bridgehead atoms. The van der Waals surface area contributed by atoms with E-state index in [0.717, 1.165) is 5.39 Å². The molecule has 0 aliphatic heterocycles. The fraction of sp³-hybridized carbons (Fsp3) is 0.167. The molecular weight excluding hydrogens is 362 g/mol. The van der Waals surface area contributed by atoms with E-state index in [1.54, 1.807) is 44.5 Å². The van der Waals surface area contributed by atoms with Gasteiger partial charge in [-0.3, -0.25) is 19.6 Å². The topological polar surface area (TPSA) is 118 Å². The summed E-state index contributed by atoms with van der Waals surface area (Å²) in [6.07, 6.45) is 8.59. The second-order valence-electron chi connectivity index (χ2n) is 5.85. The van der Waals surface area contributed by atoms with Gasteiger partial charge in [0, 0.05) is 36.6 Å². The Labute approximate surface area is 160 Å². The van der Waals surface area contributed by atoms with Crippen LogP contribution in [-0.2, 0) is 11.8 Å². The first-order chi connectivity index (χ1) is 13.5. The number of rotatable bonds is 7. The monoisotopic (exact) mass is 381 g/mol. The molecule has 28 heavy (non-hydrogen) atoms. The van der Waals surface area contributed by atoms with Gasteiger partial charge in [-0.1, -0.05) is 0 Å². The van der Waals surface area contributed by atoms with Crippen LogP contribution >= 0.6 is 0 Å². The smallest absolute Gasteiger partial charge is 0.259 e. The summed E-state index contributed by atoms with van der Waals surface area (Å²) in [5, 5.41) is 18.4. The Morgan fingerprint density at radius 1 is 1.39 bits per heavy atom. The molecule has 3 aromatic rings. The van der Waals surface area contributed by atoms with Crippen molar-refractivity contribution in [1.82, 2.24) is 30.5 Å². The molecule has 0 saturated heterocycles. The molecule has 2 N–H and O–H groups in total. The normalized spacial score (nSPS) is 11.8. The van der Waals surface area contributed by atoms with Crippen molar-refractivity contribution in [3.05, 3.63) is 54.1 Å². The summed E-state index contributed by atoms with van der Waals surface area (Å²) in [5.41, 5.74) is 1.68. The number of aromatic amines is 1. The summed E-state index contributed by atoms with van der Waals surface area (Å²) in [4.78, 5) is 26.4. The maximum atomic E-state index is 12.6. The van der Waals surface area contributed by atoms with Gasteiger partial charge in [0.1, 0.15) is 5.75 Å². The summed E-state index contributed by atoms with van der Waals surface area (Å²) >= 11 is 0. The first-order valence-corrected chi connectivity index (χ1v) is 8.29. The van der Waals surface area contributed by atoms with E-state index in [1.807, 2.05) is 0 Å². The van der Waals surface area contributed by atoms with E-state index in [-0.39, 0.29) is 5.91 Å². The lowest BCUT2D eigenvalue weighted by molar-refractivity contribution is -0.107. The minimum absolute atomic E-state index is 0.316. The minimum Gasteiger partial charge on any atom is -0.496 e. The molecule has 10 heteroatoms. The maximum absolute atomic E-state index is 12.6. The number of aromatic nitrogens is 5. The van der Waals surface area contributed by atoms with Crippen LogP contribution < -0.4 is 15.0 Å². The lowest BCUT2D eigenvalue weighted by atomic mass is 10.1. The van der Waals surface area contributed by atoms with Crippen molar-refractivity contribution in [2.75, 3.05) is 12.0 Å². The highest BCUT2D eigenvalue weighted by atomic mass is 16.5. The lowest BCUT2D eigenvalue weighted by Gasteiger charge is -2.10. The molecule has 0 aliphatic carbocycles. The predicted molar refractivity (Wildman–Crippen MR) is 103 cm³/mol. The van der Waals surface area contributed by atoms with Gasteiger partial charge in [0.05, 0.1) is 24.4 Å². The van der Waals surface area contributed by atoms with Gasteiger partial charge in [0.25, 0.3) is 5.91 Å². The molecule has 2 aromatic heterocycles. The number of benzene rings is 1. The van der Waals surface area contributed by atoms with Crippen molar-refractivity contribution in [3.63, 3.8) is 0 Å². The van der Waals surface area contributed by atoms with E-state index >= 15 is 0 Å².